The predicted molar refractivity (Wildman–Crippen MR) is 110 cm³/mol. The van der Waals surface area contributed by atoms with Crippen LogP contribution in [0.25, 0.3) is 0 Å². The van der Waals surface area contributed by atoms with Crippen molar-refractivity contribution in [3.63, 3.8) is 0 Å². The van der Waals surface area contributed by atoms with E-state index >= 15 is 0 Å². The highest BCUT2D eigenvalue weighted by Crippen LogP contribution is 2.16. The summed E-state index contributed by atoms with van der Waals surface area (Å²) in [4.78, 5) is 13.9. The SMILES string of the molecule is Cc1ccc(S(=O)(=O)N2CC[NH+]([C@@H](C)C(=O)Nc3ccc(C#N)cc3)CC2)cc1. The second-order valence-corrected chi connectivity index (χ2v) is 9.21. The van der Waals surface area contributed by atoms with E-state index in [1.165, 1.54) is 4.31 Å². The van der Waals surface area contributed by atoms with Gasteiger partial charge in [0.1, 0.15) is 0 Å². The Bertz CT molecular complexity index is 1000. The van der Waals surface area contributed by atoms with Crippen molar-refractivity contribution in [1.82, 2.24) is 4.31 Å². The van der Waals surface area contributed by atoms with Crippen LogP contribution in [0.5, 0.6) is 0 Å². The van der Waals surface area contributed by atoms with Crippen LogP contribution in [0, 0.1) is 18.3 Å². The maximum Gasteiger partial charge on any atom is 0.282 e. The number of quaternary nitrogens is 1. The molecule has 1 heterocycles. The molecule has 2 N–H and O–H groups in total. The molecule has 0 radical (unpaired) electrons. The van der Waals surface area contributed by atoms with Crippen LogP contribution >= 0.6 is 0 Å². The van der Waals surface area contributed by atoms with Crippen LogP contribution < -0.4 is 10.2 Å². The lowest BCUT2D eigenvalue weighted by molar-refractivity contribution is -0.917. The number of carbonyl (C=O) groups excluding carboxylic acids is 1. The van der Waals surface area contributed by atoms with E-state index in [0.717, 1.165) is 10.5 Å². The highest BCUT2D eigenvalue weighted by Gasteiger charge is 2.34. The molecule has 2 aromatic carbocycles. The molecule has 8 heteroatoms. The maximum absolute atomic E-state index is 12.8. The Morgan fingerprint density at radius 1 is 1.10 bits per heavy atom. The Kier molecular flexibility index (Phi) is 6.33. The van der Waals surface area contributed by atoms with Crippen LogP contribution in [0.15, 0.2) is 53.4 Å². The average molecular weight is 414 g/mol. The number of nitriles is 1. The third kappa shape index (κ3) is 4.82. The lowest BCUT2D eigenvalue weighted by atomic mass is 10.2. The molecular formula is C21H25N4O3S+. The second-order valence-electron chi connectivity index (χ2n) is 7.28. The first-order valence-corrected chi connectivity index (χ1v) is 11.0. The van der Waals surface area contributed by atoms with E-state index in [2.05, 4.69) is 5.32 Å². The van der Waals surface area contributed by atoms with Gasteiger partial charge in [-0.05, 0) is 50.2 Å². The fraction of sp³-hybridized carbons (Fsp3) is 0.333. The Labute approximate surface area is 171 Å². The molecule has 1 aliphatic rings. The van der Waals surface area contributed by atoms with Gasteiger partial charge in [0, 0.05) is 5.69 Å². The predicted octanol–water partition coefficient (Wildman–Crippen LogP) is 0.783. The van der Waals surface area contributed by atoms with E-state index in [1.807, 2.05) is 19.9 Å². The molecule has 1 atom stereocenters. The summed E-state index contributed by atoms with van der Waals surface area (Å²) in [6.07, 6.45) is 0. The summed E-state index contributed by atoms with van der Waals surface area (Å²) in [5.74, 6) is -0.125. The highest BCUT2D eigenvalue weighted by molar-refractivity contribution is 7.89. The molecule has 0 unspecified atom stereocenters. The van der Waals surface area contributed by atoms with Gasteiger partial charge in [0.15, 0.2) is 6.04 Å². The normalized spacial score (nSPS) is 16.7. The molecule has 1 saturated heterocycles. The van der Waals surface area contributed by atoms with Crippen LogP contribution in [-0.4, -0.2) is 50.9 Å². The van der Waals surface area contributed by atoms with Gasteiger partial charge in [0.2, 0.25) is 10.0 Å². The minimum atomic E-state index is -3.51. The molecule has 29 heavy (non-hydrogen) atoms. The zero-order valence-corrected chi connectivity index (χ0v) is 17.4. The van der Waals surface area contributed by atoms with Crippen molar-refractivity contribution in [2.75, 3.05) is 31.5 Å². The fourth-order valence-corrected chi connectivity index (χ4v) is 4.81. The van der Waals surface area contributed by atoms with Crippen molar-refractivity contribution < 1.29 is 18.1 Å². The van der Waals surface area contributed by atoms with E-state index in [-0.39, 0.29) is 11.9 Å². The van der Waals surface area contributed by atoms with Crippen molar-refractivity contribution in [2.24, 2.45) is 0 Å². The number of anilines is 1. The standard InChI is InChI=1S/C21H24N4O3S/c1-16-3-9-20(10-4-16)29(27,28)25-13-11-24(12-14-25)17(2)21(26)23-19-7-5-18(15-22)6-8-19/h3-10,17H,11-14H2,1-2H3,(H,23,26)/p+1/t17-/m0/s1. The lowest BCUT2D eigenvalue weighted by Gasteiger charge is -2.34. The van der Waals surface area contributed by atoms with Gasteiger partial charge in [-0.3, -0.25) is 4.79 Å². The quantitative estimate of drug-likeness (QED) is 0.758. The summed E-state index contributed by atoms with van der Waals surface area (Å²) in [7, 11) is -3.51. The van der Waals surface area contributed by atoms with Gasteiger partial charge < -0.3 is 10.2 Å². The summed E-state index contributed by atoms with van der Waals surface area (Å²) in [6, 6.07) is 15.3. The van der Waals surface area contributed by atoms with Crippen LogP contribution in [0.3, 0.4) is 0 Å². The first-order chi connectivity index (χ1) is 13.8. The number of nitrogens with one attached hydrogen (secondary N) is 2. The van der Waals surface area contributed by atoms with Crippen LogP contribution in [0.2, 0.25) is 0 Å². The molecule has 1 aliphatic heterocycles. The van der Waals surface area contributed by atoms with Crippen molar-refractivity contribution >= 4 is 21.6 Å². The van der Waals surface area contributed by atoms with Crippen molar-refractivity contribution in [1.29, 1.82) is 5.26 Å². The number of aryl methyl sites for hydroxylation is 1. The minimum Gasteiger partial charge on any atom is -0.323 e. The molecule has 0 aromatic heterocycles. The van der Waals surface area contributed by atoms with Crippen LogP contribution in [0.1, 0.15) is 18.1 Å². The Morgan fingerprint density at radius 2 is 1.69 bits per heavy atom. The van der Waals surface area contributed by atoms with E-state index in [9.17, 15) is 13.2 Å². The number of hydrogen-bond donors (Lipinski definition) is 2. The number of nitrogens with zero attached hydrogens (tertiary/aromatic N) is 2. The first kappa shape index (κ1) is 21.0. The summed E-state index contributed by atoms with van der Waals surface area (Å²) in [5.41, 5.74) is 2.19. The Morgan fingerprint density at radius 3 is 2.24 bits per heavy atom. The van der Waals surface area contributed by atoms with Crippen molar-refractivity contribution in [2.45, 2.75) is 24.8 Å². The van der Waals surface area contributed by atoms with Gasteiger partial charge in [-0.25, -0.2) is 8.42 Å². The Balaban J connectivity index is 1.58. The molecule has 0 spiro atoms. The van der Waals surface area contributed by atoms with Crippen LogP contribution in [-0.2, 0) is 14.8 Å². The number of benzene rings is 2. The number of amides is 1. The van der Waals surface area contributed by atoms with E-state index in [1.54, 1.807) is 48.5 Å². The molecule has 2 aromatic rings. The number of rotatable bonds is 5. The summed E-state index contributed by atoms with van der Waals surface area (Å²) in [6.45, 7) is 5.64. The largest absolute Gasteiger partial charge is 0.323 e. The summed E-state index contributed by atoms with van der Waals surface area (Å²) >= 11 is 0. The van der Waals surface area contributed by atoms with E-state index < -0.39 is 10.0 Å². The van der Waals surface area contributed by atoms with Gasteiger partial charge in [0.05, 0.1) is 42.7 Å². The fourth-order valence-electron chi connectivity index (χ4n) is 3.37. The molecular weight excluding hydrogens is 388 g/mol. The molecule has 1 amide bonds. The summed E-state index contributed by atoms with van der Waals surface area (Å²) in [5, 5.41) is 11.7. The third-order valence-corrected chi connectivity index (χ3v) is 7.22. The second kappa shape index (κ2) is 8.74. The summed E-state index contributed by atoms with van der Waals surface area (Å²) < 4.78 is 27.1. The third-order valence-electron chi connectivity index (χ3n) is 5.31. The average Bonchev–Trinajstić information content (AvgIpc) is 2.74. The van der Waals surface area contributed by atoms with E-state index in [0.29, 0.717) is 42.3 Å². The zero-order chi connectivity index (χ0) is 21.0. The molecule has 152 valence electrons. The lowest BCUT2D eigenvalue weighted by Crippen LogP contribution is -3.19. The topological polar surface area (TPSA) is 94.7 Å². The molecule has 0 aliphatic carbocycles. The molecule has 1 fully saturated rings. The van der Waals surface area contributed by atoms with E-state index in [4.69, 9.17) is 5.26 Å². The van der Waals surface area contributed by atoms with Crippen molar-refractivity contribution in [3.05, 3.63) is 59.7 Å². The highest BCUT2D eigenvalue weighted by atomic mass is 32.2. The maximum atomic E-state index is 12.8. The van der Waals surface area contributed by atoms with Crippen molar-refractivity contribution in [3.8, 4) is 6.07 Å². The Hall–Kier alpha value is -2.73. The van der Waals surface area contributed by atoms with Gasteiger partial charge in [-0.2, -0.15) is 9.57 Å². The van der Waals surface area contributed by atoms with Gasteiger partial charge in [0.25, 0.3) is 5.91 Å². The monoisotopic (exact) mass is 413 g/mol. The molecule has 0 saturated carbocycles. The van der Waals surface area contributed by atoms with Gasteiger partial charge in [-0.1, -0.05) is 17.7 Å². The minimum absolute atomic E-state index is 0.125. The number of hydrogen-bond acceptors (Lipinski definition) is 4. The molecule has 3 rings (SSSR count). The van der Waals surface area contributed by atoms with Gasteiger partial charge in [-0.15, -0.1) is 0 Å². The number of sulfonamides is 1. The van der Waals surface area contributed by atoms with Crippen LogP contribution in [0.4, 0.5) is 5.69 Å². The molecule has 7 nitrogen and oxygen atoms in total. The first-order valence-electron chi connectivity index (χ1n) is 9.53. The number of carbonyl (C=O) groups is 1. The van der Waals surface area contributed by atoms with Gasteiger partial charge >= 0.3 is 0 Å². The molecule has 0 bridgehead atoms. The zero-order valence-electron chi connectivity index (χ0n) is 16.6. The smallest absolute Gasteiger partial charge is 0.282 e. The number of piperazine rings is 1.